The van der Waals surface area contributed by atoms with Crippen molar-refractivity contribution in [3.8, 4) is 11.5 Å². The van der Waals surface area contributed by atoms with E-state index in [1.165, 1.54) is 13.0 Å². The van der Waals surface area contributed by atoms with Gasteiger partial charge in [0.15, 0.2) is 6.29 Å². The molecular formula is C12H13KO5. The minimum Gasteiger partial charge on any atom is -0.871 e. The summed E-state index contributed by atoms with van der Waals surface area (Å²) < 4.78 is 5.31. The van der Waals surface area contributed by atoms with E-state index in [2.05, 4.69) is 0 Å². The SMILES string of the molecule is Cc1cc(OC(C)C)c(C=O)c([O-])c1C(=O)O.[K+]. The molecule has 92 valence electrons. The number of aromatic carboxylic acids is 1. The zero-order valence-corrected chi connectivity index (χ0v) is 13.9. The van der Waals surface area contributed by atoms with Crippen molar-refractivity contribution in [3.63, 3.8) is 0 Å². The van der Waals surface area contributed by atoms with E-state index in [4.69, 9.17) is 9.84 Å². The molecule has 0 saturated heterocycles. The number of carbonyl (C=O) groups is 2. The topological polar surface area (TPSA) is 86.7 Å². The second-order valence-electron chi connectivity index (χ2n) is 3.90. The first-order chi connectivity index (χ1) is 7.88. The summed E-state index contributed by atoms with van der Waals surface area (Å²) in [5.41, 5.74) is -0.353. The molecule has 0 unspecified atom stereocenters. The van der Waals surface area contributed by atoms with Gasteiger partial charge in [0.1, 0.15) is 5.75 Å². The van der Waals surface area contributed by atoms with Crippen molar-refractivity contribution in [1.29, 1.82) is 0 Å². The zero-order chi connectivity index (χ0) is 13.2. The van der Waals surface area contributed by atoms with Gasteiger partial charge in [0.25, 0.3) is 0 Å². The van der Waals surface area contributed by atoms with Crippen LogP contribution in [0, 0.1) is 6.92 Å². The summed E-state index contributed by atoms with van der Waals surface area (Å²) in [4.78, 5) is 21.7. The first-order valence-electron chi connectivity index (χ1n) is 5.08. The Hall–Kier alpha value is -0.404. The molecule has 0 fully saturated rings. The Kier molecular flexibility index (Phi) is 7.09. The largest absolute Gasteiger partial charge is 1.00 e. The maximum Gasteiger partial charge on any atom is 1.00 e. The fourth-order valence-corrected chi connectivity index (χ4v) is 1.50. The van der Waals surface area contributed by atoms with Crippen molar-refractivity contribution in [2.24, 2.45) is 0 Å². The quantitative estimate of drug-likeness (QED) is 0.527. The van der Waals surface area contributed by atoms with E-state index in [0.29, 0.717) is 6.29 Å². The number of carboxylic acid groups (broad SMARTS) is 1. The number of aryl methyl sites for hydroxylation is 1. The van der Waals surface area contributed by atoms with Crippen LogP contribution >= 0.6 is 0 Å². The predicted octanol–water partition coefficient (Wildman–Crippen LogP) is -1.63. The van der Waals surface area contributed by atoms with Gasteiger partial charge in [0, 0.05) is 5.56 Å². The number of aldehydes is 1. The smallest absolute Gasteiger partial charge is 0.871 e. The van der Waals surface area contributed by atoms with Crippen LogP contribution in [0.5, 0.6) is 11.5 Å². The maximum atomic E-state index is 11.8. The predicted molar refractivity (Wildman–Crippen MR) is 58.7 cm³/mol. The zero-order valence-electron chi connectivity index (χ0n) is 10.8. The normalized spacial score (nSPS) is 9.78. The summed E-state index contributed by atoms with van der Waals surface area (Å²) in [5.74, 6) is -2.02. The van der Waals surface area contributed by atoms with Crippen molar-refractivity contribution in [2.45, 2.75) is 26.9 Å². The monoisotopic (exact) mass is 276 g/mol. The van der Waals surface area contributed by atoms with Crippen LogP contribution in [0.4, 0.5) is 0 Å². The van der Waals surface area contributed by atoms with Gasteiger partial charge < -0.3 is 14.9 Å². The van der Waals surface area contributed by atoms with E-state index in [1.807, 2.05) is 0 Å². The second kappa shape index (κ2) is 7.25. The van der Waals surface area contributed by atoms with Crippen LogP contribution in [0.25, 0.3) is 0 Å². The van der Waals surface area contributed by atoms with E-state index < -0.39 is 11.7 Å². The van der Waals surface area contributed by atoms with Gasteiger partial charge in [-0.2, -0.15) is 0 Å². The van der Waals surface area contributed by atoms with Crippen molar-refractivity contribution in [1.82, 2.24) is 0 Å². The second-order valence-corrected chi connectivity index (χ2v) is 3.90. The third-order valence-electron chi connectivity index (χ3n) is 2.17. The first kappa shape index (κ1) is 17.6. The summed E-state index contributed by atoms with van der Waals surface area (Å²) in [7, 11) is 0. The average Bonchev–Trinajstić information content (AvgIpc) is 2.15. The summed E-state index contributed by atoms with van der Waals surface area (Å²) in [6.07, 6.45) is 0.120. The first-order valence-corrected chi connectivity index (χ1v) is 5.08. The standard InChI is InChI=1S/C12H14O5.K/c1-6(2)17-9-4-7(3)10(12(15)16)11(14)8(9)5-13;/h4-6,14H,1-3H3,(H,15,16);/q;+1/p-1. The van der Waals surface area contributed by atoms with Gasteiger partial charge in [-0.05, 0) is 32.4 Å². The summed E-state index contributed by atoms with van der Waals surface area (Å²) >= 11 is 0. The van der Waals surface area contributed by atoms with Crippen molar-refractivity contribution in [3.05, 3.63) is 22.8 Å². The van der Waals surface area contributed by atoms with Crippen LogP contribution < -0.4 is 61.2 Å². The Morgan fingerprint density at radius 1 is 1.50 bits per heavy atom. The van der Waals surface area contributed by atoms with Gasteiger partial charge in [-0.1, -0.05) is 5.75 Å². The number of hydrogen-bond acceptors (Lipinski definition) is 4. The molecule has 18 heavy (non-hydrogen) atoms. The molecule has 1 aromatic carbocycles. The summed E-state index contributed by atoms with van der Waals surface area (Å²) in [5, 5.41) is 20.7. The van der Waals surface area contributed by atoms with Crippen LogP contribution in [-0.2, 0) is 0 Å². The fraction of sp³-hybridized carbons (Fsp3) is 0.333. The fourth-order valence-electron chi connectivity index (χ4n) is 1.50. The molecule has 0 radical (unpaired) electrons. The molecule has 0 amide bonds. The Morgan fingerprint density at radius 3 is 2.44 bits per heavy atom. The van der Waals surface area contributed by atoms with Gasteiger partial charge in [0.2, 0.25) is 0 Å². The van der Waals surface area contributed by atoms with Crippen LogP contribution in [-0.4, -0.2) is 23.5 Å². The van der Waals surface area contributed by atoms with Gasteiger partial charge >= 0.3 is 57.4 Å². The molecular weight excluding hydrogens is 263 g/mol. The Morgan fingerprint density at radius 2 is 2.06 bits per heavy atom. The Balaban J connectivity index is 0.00000289. The maximum absolute atomic E-state index is 11.8. The molecule has 0 aliphatic rings. The molecule has 1 rings (SSSR count). The van der Waals surface area contributed by atoms with E-state index in [-0.39, 0.29) is 79.9 Å². The summed E-state index contributed by atoms with van der Waals surface area (Å²) in [6, 6.07) is 1.40. The molecule has 0 spiro atoms. The third kappa shape index (κ3) is 3.79. The van der Waals surface area contributed by atoms with Gasteiger partial charge in [-0.25, -0.2) is 4.79 Å². The van der Waals surface area contributed by atoms with Crippen LogP contribution in [0.1, 0.15) is 40.1 Å². The van der Waals surface area contributed by atoms with Crippen molar-refractivity contribution >= 4 is 12.3 Å². The van der Waals surface area contributed by atoms with E-state index in [9.17, 15) is 14.7 Å². The molecule has 0 atom stereocenters. The average molecular weight is 276 g/mol. The molecule has 1 N–H and O–H groups in total. The number of rotatable bonds is 4. The van der Waals surface area contributed by atoms with E-state index in [0.717, 1.165) is 0 Å². The van der Waals surface area contributed by atoms with Crippen molar-refractivity contribution < 1.29 is 75.9 Å². The molecule has 0 saturated carbocycles. The minimum atomic E-state index is -1.34. The molecule has 1 aromatic rings. The molecule has 6 heteroatoms. The summed E-state index contributed by atoms with van der Waals surface area (Å²) in [6.45, 7) is 4.99. The third-order valence-corrected chi connectivity index (χ3v) is 2.17. The van der Waals surface area contributed by atoms with Crippen LogP contribution in [0.2, 0.25) is 0 Å². The van der Waals surface area contributed by atoms with Gasteiger partial charge in [-0.15, -0.1) is 0 Å². The van der Waals surface area contributed by atoms with Crippen molar-refractivity contribution in [2.75, 3.05) is 0 Å². The molecule has 0 aliphatic carbocycles. The van der Waals surface area contributed by atoms with Crippen LogP contribution in [0.15, 0.2) is 6.07 Å². The number of hydrogen-bond donors (Lipinski definition) is 1. The minimum absolute atomic E-state index is 0. The number of benzene rings is 1. The Labute approximate surface area is 148 Å². The number of carboxylic acids is 1. The van der Waals surface area contributed by atoms with Gasteiger partial charge in [-0.3, -0.25) is 4.79 Å². The Bertz CT molecular complexity index is 468. The van der Waals surface area contributed by atoms with Gasteiger partial charge in [0.05, 0.1) is 11.7 Å². The van der Waals surface area contributed by atoms with E-state index in [1.54, 1.807) is 13.8 Å². The molecule has 0 bridgehead atoms. The number of carbonyl (C=O) groups excluding carboxylic acids is 1. The van der Waals surface area contributed by atoms with Crippen LogP contribution in [0.3, 0.4) is 0 Å². The molecule has 0 aromatic heterocycles. The molecule has 5 nitrogen and oxygen atoms in total. The molecule has 0 heterocycles. The molecule has 0 aliphatic heterocycles. The number of ether oxygens (including phenoxy) is 1. The van der Waals surface area contributed by atoms with E-state index >= 15 is 0 Å².